The predicted molar refractivity (Wildman–Crippen MR) is 105 cm³/mol. The molecule has 1 aliphatic heterocycles. The van der Waals surface area contributed by atoms with Crippen molar-refractivity contribution in [2.45, 2.75) is 17.0 Å². The van der Waals surface area contributed by atoms with E-state index >= 15 is 0 Å². The second kappa shape index (κ2) is 7.35. The number of nitrogens with zero attached hydrogens (tertiary/aromatic N) is 1. The lowest BCUT2D eigenvalue weighted by atomic mass is 10.1. The summed E-state index contributed by atoms with van der Waals surface area (Å²) in [6.45, 7) is 0. The van der Waals surface area contributed by atoms with Crippen LogP contribution < -0.4 is 9.86 Å². The first-order valence-electron chi connectivity index (χ1n) is 7.49. The lowest BCUT2D eigenvalue weighted by Crippen LogP contribution is -2.49. The van der Waals surface area contributed by atoms with Crippen LogP contribution in [-0.2, 0) is 25.8 Å². The van der Waals surface area contributed by atoms with Gasteiger partial charge in [-0.2, -0.15) is 0 Å². The third-order valence-electron chi connectivity index (χ3n) is 3.78. The van der Waals surface area contributed by atoms with Crippen LogP contribution in [-0.4, -0.2) is 39.7 Å². The SMILES string of the molecule is NS(=O)(=O)C1=CC2C(C=C1Cl)N=C(CSCc1ccccc1)NS2(=O)=O. The number of nitrogens with one attached hydrogen (secondary N) is 1. The Hall–Kier alpha value is -1.33. The van der Waals surface area contributed by atoms with Gasteiger partial charge < -0.3 is 0 Å². The van der Waals surface area contributed by atoms with E-state index in [1.807, 2.05) is 30.3 Å². The first kappa shape index (κ1) is 19.4. The van der Waals surface area contributed by atoms with Gasteiger partial charge in [0, 0.05) is 5.75 Å². The summed E-state index contributed by atoms with van der Waals surface area (Å²) < 4.78 is 50.5. The fourth-order valence-electron chi connectivity index (χ4n) is 2.61. The molecule has 0 saturated heterocycles. The zero-order valence-corrected chi connectivity index (χ0v) is 16.6. The van der Waals surface area contributed by atoms with Crippen LogP contribution in [0, 0.1) is 0 Å². The van der Waals surface area contributed by atoms with Crippen molar-refractivity contribution in [3.63, 3.8) is 0 Å². The van der Waals surface area contributed by atoms with E-state index < -0.39 is 36.2 Å². The average Bonchev–Trinajstić information content (AvgIpc) is 2.53. The van der Waals surface area contributed by atoms with Crippen molar-refractivity contribution in [1.29, 1.82) is 0 Å². The van der Waals surface area contributed by atoms with Gasteiger partial charge in [0.15, 0.2) is 0 Å². The van der Waals surface area contributed by atoms with Gasteiger partial charge in [-0.15, -0.1) is 11.8 Å². The minimum absolute atomic E-state index is 0.120. The number of thioether (sulfide) groups is 1. The molecule has 0 spiro atoms. The molecule has 11 heteroatoms. The number of primary sulfonamides is 1. The maximum absolute atomic E-state index is 12.5. The molecule has 3 rings (SSSR count). The molecule has 1 aromatic carbocycles. The number of aliphatic imine (C=N–C) groups is 1. The maximum Gasteiger partial charge on any atom is 0.242 e. The third-order valence-corrected chi connectivity index (χ3v) is 7.86. The molecule has 1 heterocycles. The van der Waals surface area contributed by atoms with E-state index in [-0.39, 0.29) is 5.03 Å². The molecular formula is C15H16ClN3O4S3. The number of hydrogen-bond donors (Lipinski definition) is 2. The van der Waals surface area contributed by atoms with Crippen LogP contribution in [0.4, 0.5) is 0 Å². The Morgan fingerprint density at radius 3 is 2.54 bits per heavy atom. The molecule has 1 aromatic rings. The monoisotopic (exact) mass is 433 g/mol. The highest BCUT2D eigenvalue weighted by Gasteiger charge is 2.40. The van der Waals surface area contributed by atoms with E-state index in [1.54, 1.807) is 0 Å². The largest absolute Gasteiger partial charge is 0.270 e. The molecule has 0 bridgehead atoms. The molecule has 3 N–H and O–H groups in total. The van der Waals surface area contributed by atoms with Crippen molar-refractivity contribution >= 4 is 49.2 Å². The first-order valence-corrected chi connectivity index (χ1v) is 12.1. The number of halogens is 1. The van der Waals surface area contributed by atoms with Crippen LogP contribution in [0.5, 0.6) is 0 Å². The number of benzene rings is 1. The van der Waals surface area contributed by atoms with Crippen LogP contribution in [0.25, 0.3) is 0 Å². The second-order valence-corrected chi connectivity index (χ2v) is 10.5. The fraction of sp³-hybridized carbons (Fsp3) is 0.267. The number of rotatable bonds is 5. The lowest BCUT2D eigenvalue weighted by molar-refractivity contribution is 0.572. The average molecular weight is 434 g/mol. The molecule has 0 amide bonds. The number of nitrogens with two attached hydrogens (primary N) is 1. The molecule has 0 aromatic heterocycles. The summed E-state index contributed by atoms with van der Waals surface area (Å²) in [7, 11) is -7.96. The van der Waals surface area contributed by atoms with Gasteiger partial charge in [0.2, 0.25) is 20.0 Å². The Balaban J connectivity index is 1.78. The maximum atomic E-state index is 12.5. The number of allylic oxidation sites excluding steroid dienone is 1. The fourth-order valence-corrected chi connectivity index (χ4v) is 6.26. The Kier molecular flexibility index (Phi) is 5.50. The third kappa shape index (κ3) is 4.32. The van der Waals surface area contributed by atoms with Gasteiger partial charge in [0.05, 0.1) is 21.7 Å². The minimum atomic E-state index is -4.12. The first-order chi connectivity index (χ1) is 12.2. The smallest absolute Gasteiger partial charge is 0.242 e. The molecule has 7 nitrogen and oxygen atoms in total. The summed E-state index contributed by atoms with van der Waals surface area (Å²) in [5.74, 6) is 1.39. The van der Waals surface area contributed by atoms with Crippen LogP contribution in [0.1, 0.15) is 5.56 Å². The molecule has 2 aliphatic rings. The van der Waals surface area contributed by atoms with E-state index in [9.17, 15) is 16.8 Å². The van der Waals surface area contributed by atoms with E-state index in [4.69, 9.17) is 16.7 Å². The normalized spacial score (nSPS) is 24.6. The molecule has 0 saturated carbocycles. The van der Waals surface area contributed by atoms with Gasteiger partial charge in [-0.1, -0.05) is 41.9 Å². The van der Waals surface area contributed by atoms with E-state index in [0.29, 0.717) is 17.3 Å². The van der Waals surface area contributed by atoms with Crippen molar-refractivity contribution < 1.29 is 16.8 Å². The van der Waals surface area contributed by atoms with Crippen LogP contribution in [0.2, 0.25) is 0 Å². The zero-order valence-electron chi connectivity index (χ0n) is 13.4. The second-order valence-electron chi connectivity index (χ2n) is 5.75. The summed E-state index contributed by atoms with van der Waals surface area (Å²) in [4.78, 5) is 3.96. The highest BCUT2D eigenvalue weighted by atomic mass is 35.5. The summed E-state index contributed by atoms with van der Waals surface area (Å²) >= 11 is 7.47. The molecule has 26 heavy (non-hydrogen) atoms. The minimum Gasteiger partial charge on any atom is -0.270 e. The van der Waals surface area contributed by atoms with Gasteiger partial charge in [0.1, 0.15) is 11.1 Å². The van der Waals surface area contributed by atoms with Crippen molar-refractivity contribution in [3.05, 3.63) is 58.0 Å². The van der Waals surface area contributed by atoms with Crippen LogP contribution >= 0.6 is 23.4 Å². The van der Waals surface area contributed by atoms with E-state index in [1.165, 1.54) is 17.8 Å². The molecule has 0 fully saturated rings. The van der Waals surface area contributed by atoms with Crippen molar-refractivity contribution in [1.82, 2.24) is 4.72 Å². The van der Waals surface area contributed by atoms with Gasteiger partial charge >= 0.3 is 0 Å². The Labute approximate surface area is 161 Å². The number of hydrogen-bond acceptors (Lipinski definition) is 6. The Bertz CT molecular complexity index is 1000. The highest BCUT2D eigenvalue weighted by Crippen LogP contribution is 2.31. The van der Waals surface area contributed by atoms with Crippen LogP contribution in [0.3, 0.4) is 0 Å². The zero-order chi connectivity index (χ0) is 18.9. The predicted octanol–water partition coefficient (Wildman–Crippen LogP) is 1.30. The van der Waals surface area contributed by atoms with Gasteiger partial charge in [-0.25, -0.2) is 22.0 Å². The van der Waals surface area contributed by atoms with Crippen LogP contribution in [0.15, 0.2) is 57.4 Å². The quantitative estimate of drug-likeness (QED) is 0.725. The summed E-state index contributed by atoms with van der Waals surface area (Å²) in [5.41, 5.74) is 1.12. The lowest BCUT2D eigenvalue weighted by Gasteiger charge is -2.29. The van der Waals surface area contributed by atoms with Crippen molar-refractivity contribution in [2.24, 2.45) is 10.1 Å². The van der Waals surface area contributed by atoms with Crippen molar-refractivity contribution in [3.8, 4) is 0 Å². The standard InChI is InChI=1S/C15H16ClN3O4S3/c16-11-6-12-14(7-13(11)25(17,20)21)26(22,23)19-15(18-12)9-24-8-10-4-2-1-3-5-10/h1-7,12,14H,8-9H2,(H,18,19)(H2,17,20,21). The van der Waals surface area contributed by atoms with Gasteiger partial charge in [-0.3, -0.25) is 9.71 Å². The molecule has 1 aliphatic carbocycles. The Morgan fingerprint density at radius 1 is 1.19 bits per heavy atom. The van der Waals surface area contributed by atoms with Gasteiger partial charge in [-0.05, 0) is 17.7 Å². The molecule has 2 unspecified atom stereocenters. The number of sulfonamides is 2. The molecule has 140 valence electrons. The summed E-state index contributed by atoms with van der Waals surface area (Å²) in [6, 6.07) is 8.98. The summed E-state index contributed by atoms with van der Waals surface area (Å²) in [5, 5.41) is 3.80. The number of fused-ring (bicyclic) bond motifs is 1. The highest BCUT2D eigenvalue weighted by molar-refractivity contribution is 7.99. The van der Waals surface area contributed by atoms with E-state index in [2.05, 4.69) is 9.71 Å². The Morgan fingerprint density at radius 2 is 1.88 bits per heavy atom. The van der Waals surface area contributed by atoms with E-state index in [0.717, 1.165) is 11.6 Å². The van der Waals surface area contributed by atoms with Crippen molar-refractivity contribution in [2.75, 3.05) is 5.75 Å². The van der Waals surface area contributed by atoms with Gasteiger partial charge in [0.25, 0.3) is 0 Å². The molecule has 0 radical (unpaired) electrons. The molecular weight excluding hydrogens is 418 g/mol. The topological polar surface area (TPSA) is 119 Å². The number of amidine groups is 1. The summed E-state index contributed by atoms with van der Waals surface area (Å²) in [6.07, 6.45) is 2.36. The molecule has 2 atom stereocenters.